The van der Waals surface area contributed by atoms with E-state index in [-0.39, 0.29) is 29.2 Å². The lowest BCUT2D eigenvalue weighted by atomic mass is 9.84. The Morgan fingerprint density at radius 3 is 2.30 bits per heavy atom. The lowest BCUT2D eigenvalue weighted by Gasteiger charge is -2.35. The molecule has 27 heavy (non-hydrogen) atoms. The maximum atomic E-state index is 12.5. The third-order valence-electron chi connectivity index (χ3n) is 5.08. The molecule has 0 radical (unpaired) electrons. The molecule has 6 nitrogen and oxygen atoms in total. The number of carbonyl (C=O) groups is 2. The van der Waals surface area contributed by atoms with Crippen LogP contribution >= 0.6 is 0 Å². The summed E-state index contributed by atoms with van der Waals surface area (Å²) in [7, 11) is 0. The van der Waals surface area contributed by atoms with Gasteiger partial charge in [-0.15, -0.1) is 13.2 Å². The summed E-state index contributed by atoms with van der Waals surface area (Å²) < 4.78 is 46.0. The standard InChI is InChI=1S/C18H20F3NO5/c19-18(20,21)27-13-3-1-12(2-4-13)16(23)22-8-5-11(6-9-22)15-14(17(24)25)7-10-26-15/h1-4,11,14-15H,5-10H2,(H,24,25)/t14?,15-/m0/s1. The summed E-state index contributed by atoms with van der Waals surface area (Å²) in [6.07, 6.45) is -3.32. The molecule has 2 atom stereocenters. The molecule has 2 aliphatic heterocycles. The highest BCUT2D eigenvalue weighted by atomic mass is 19.4. The molecular weight excluding hydrogens is 367 g/mol. The van der Waals surface area contributed by atoms with Crippen LogP contribution in [-0.2, 0) is 9.53 Å². The molecule has 9 heteroatoms. The first-order chi connectivity index (χ1) is 12.7. The second kappa shape index (κ2) is 7.75. The maximum Gasteiger partial charge on any atom is 0.573 e. The molecule has 1 N–H and O–H groups in total. The molecule has 1 aromatic rings. The Kier molecular flexibility index (Phi) is 5.59. The van der Waals surface area contributed by atoms with Crippen molar-refractivity contribution in [1.29, 1.82) is 0 Å². The van der Waals surface area contributed by atoms with Gasteiger partial charge in [0.05, 0.1) is 12.0 Å². The fourth-order valence-corrected chi connectivity index (χ4v) is 3.75. The fourth-order valence-electron chi connectivity index (χ4n) is 3.75. The minimum atomic E-state index is -4.77. The molecule has 0 saturated carbocycles. The monoisotopic (exact) mass is 387 g/mol. The Labute approximate surface area is 153 Å². The van der Waals surface area contributed by atoms with Crippen LogP contribution in [0.1, 0.15) is 29.6 Å². The van der Waals surface area contributed by atoms with Gasteiger partial charge in [-0.3, -0.25) is 9.59 Å². The van der Waals surface area contributed by atoms with Crippen LogP contribution in [-0.4, -0.2) is 54.0 Å². The molecule has 0 bridgehead atoms. The zero-order chi connectivity index (χ0) is 19.6. The highest BCUT2D eigenvalue weighted by Crippen LogP contribution is 2.33. The van der Waals surface area contributed by atoms with Crippen molar-refractivity contribution in [3.05, 3.63) is 29.8 Å². The van der Waals surface area contributed by atoms with E-state index in [1.165, 1.54) is 12.1 Å². The average Bonchev–Trinajstić information content (AvgIpc) is 3.11. The van der Waals surface area contributed by atoms with Gasteiger partial charge < -0.3 is 19.5 Å². The number of hydrogen-bond acceptors (Lipinski definition) is 4. The van der Waals surface area contributed by atoms with Gasteiger partial charge in [-0.1, -0.05) is 0 Å². The van der Waals surface area contributed by atoms with E-state index >= 15 is 0 Å². The van der Waals surface area contributed by atoms with Crippen molar-refractivity contribution in [3.8, 4) is 5.75 Å². The van der Waals surface area contributed by atoms with Crippen LogP contribution in [0.4, 0.5) is 13.2 Å². The molecular formula is C18H20F3NO5. The van der Waals surface area contributed by atoms with Crippen LogP contribution in [0, 0.1) is 11.8 Å². The molecule has 2 heterocycles. The van der Waals surface area contributed by atoms with E-state index in [9.17, 15) is 27.9 Å². The van der Waals surface area contributed by atoms with Gasteiger partial charge in [0.1, 0.15) is 5.75 Å². The highest BCUT2D eigenvalue weighted by molar-refractivity contribution is 5.94. The van der Waals surface area contributed by atoms with Crippen LogP contribution in [0.5, 0.6) is 5.75 Å². The number of rotatable bonds is 4. The molecule has 2 fully saturated rings. The minimum Gasteiger partial charge on any atom is -0.481 e. The third-order valence-corrected chi connectivity index (χ3v) is 5.08. The molecule has 0 aliphatic carbocycles. The van der Waals surface area contributed by atoms with E-state index in [2.05, 4.69) is 4.74 Å². The van der Waals surface area contributed by atoms with Gasteiger partial charge in [0, 0.05) is 25.3 Å². The lowest BCUT2D eigenvalue weighted by Crippen LogP contribution is -2.43. The number of carboxylic acid groups (broad SMARTS) is 1. The molecule has 3 rings (SSSR count). The number of nitrogens with zero attached hydrogens (tertiary/aromatic N) is 1. The fraction of sp³-hybridized carbons (Fsp3) is 0.556. The summed E-state index contributed by atoms with van der Waals surface area (Å²) in [6, 6.07) is 4.82. The molecule has 1 unspecified atom stereocenters. The van der Waals surface area contributed by atoms with Crippen LogP contribution in [0.2, 0.25) is 0 Å². The smallest absolute Gasteiger partial charge is 0.481 e. The minimum absolute atomic E-state index is 0.0835. The average molecular weight is 387 g/mol. The van der Waals surface area contributed by atoms with Gasteiger partial charge in [-0.05, 0) is 49.4 Å². The number of piperidine rings is 1. The SMILES string of the molecule is O=C(O)C1CCO[C@H]1C1CCN(C(=O)c2ccc(OC(F)(F)F)cc2)CC1. The first-order valence-corrected chi connectivity index (χ1v) is 8.74. The van der Waals surface area contributed by atoms with Gasteiger partial charge >= 0.3 is 12.3 Å². The summed E-state index contributed by atoms with van der Waals surface area (Å²) >= 11 is 0. The van der Waals surface area contributed by atoms with Crippen LogP contribution < -0.4 is 4.74 Å². The predicted molar refractivity (Wildman–Crippen MR) is 87.2 cm³/mol. The number of aliphatic carboxylic acids is 1. The molecule has 1 aromatic carbocycles. The van der Waals surface area contributed by atoms with Gasteiger partial charge in [0.2, 0.25) is 0 Å². The van der Waals surface area contributed by atoms with Crippen LogP contribution in [0.15, 0.2) is 24.3 Å². The number of benzene rings is 1. The molecule has 2 saturated heterocycles. The molecule has 148 valence electrons. The van der Waals surface area contributed by atoms with Crippen molar-refractivity contribution in [1.82, 2.24) is 4.90 Å². The lowest BCUT2D eigenvalue weighted by molar-refractivity contribution is -0.274. The number of amides is 1. The second-order valence-corrected chi connectivity index (χ2v) is 6.77. The van der Waals surface area contributed by atoms with Crippen molar-refractivity contribution in [2.24, 2.45) is 11.8 Å². The van der Waals surface area contributed by atoms with E-state index in [1.54, 1.807) is 4.90 Å². The first-order valence-electron chi connectivity index (χ1n) is 8.74. The van der Waals surface area contributed by atoms with Crippen molar-refractivity contribution >= 4 is 11.9 Å². The van der Waals surface area contributed by atoms with Crippen molar-refractivity contribution < 1.29 is 37.3 Å². The Morgan fingerprint density at radius 2 is 1.74 bits per heavy atom. The van der Waals surface area contributed by atoms with Crippen molar-refractivity contribution in [2.45, 2.75) is 31.7 Å². The zero-order valence-electron chi connectivity index (χ0n) is 14.4. The van der Waals surface area contributed by atoms with Gasteiger partial charge in [-0.25, -0.2) is 0 Å². The van der Waals surface area contributed by atoms with Crippen molar-refractivity contribution in [3.63, 3.8) is 0 Å². The summed E-state index contributed by atoms with van der Waals surface area (Å²) in [5, 5.41) is 9.27. The number of hydrogen-bond donors (Lipinski definition) is 1. The Balaban J connectivity index is 1.56. The number of ether oxygens (including phenoxy) is 2. The van der Waals surface area contributed by atoms with Gasteiger partial charge in [0.25, 0.3) is 5.91 Å². The summed E-state index contributed by atoms with van der Waals surface area (Å²) in [6.45, 7) is 1.35. The van der Waals surface area contributed by atoms with Crippen molar-refractivity contribution in [2.75, 3.05) is 19.7 Å². The second-order valence-electron chi connectivity index (χ2n) is 6.77. The van der Waals surface area contributed by atoms with Crippen LogP contribution in [0.25, 0.3) is 0 Å². The molecule has 1 amide bonds. The Hall–Kier alpha value is -2.29. The summed E-state index contributed by atoms with van der Waals surface area (Å²) in [5.41, 5.74) is 0.281. The van der Waals surface area contributed by atoms with Gasteiger partial charge in [0.15, 0.2) is 0 Å². The number of likely N-dealkylation sites (tertiary alicyclic amines) is 1. The molecule has 0 aromatic heterocycles. The number of carbonyl (C=O) groups excluding carboxylic acids is 1. The zero-order valence-corrected chi connectivity index (χ0v) is 14.4. The topological polar surface area (TPSA) is 76.1 Å². The molecule has 0 spiro atoms. The quantitative estimate of drug-likeness (QED) is 0.860. The number of carboxylic acids is 1. The summed E-state index contributed by atoms with van der Waals surface area (Å²) in [5.74, 6) is -1.92. The molecule has 2 aliphatic rings. The van der Waals surface area contributed by atoms with E-state index in [0.717, 1.165) is 12.1 Å². The van der Waals surface area contributed by atoms with E-state index in [4.69, 9.17) is 4.74 Å². The summed E-state index contributed by atoms with van der Waals surface area (Å²) in [4.78, 5) is 25.5. The van der Waals surface area contributed by atoms with E-state index in [1.807, 2.05) is 0 Å². The van der Waals surface area contributed by atoms with E-state index in [0.29, 0.717) is 39.0 Å². The number of alkyl halides is 3. The third kappa shape index (κ3) is 4.71. The van der Waals surface area contributed by atoms with E-state index < -0.39 is 18.2 Å². The number of halogens is 3. The van der Waals surface area contributed by atoms with Crippen LogP contribution in [0.3, 0.4) is 0 Å². The largest absolute Gasteiger partial charge is 0.573 e. The Bertz CT molecular complexity index is 683. The highest BCUT2D eigenvalue weighted by Gasteiger charge is 2.40. The predicted octanol–water partition coefficient (Wildman–Crippen LogP) is 2.93. The Morgan fingerprint density at radius 1 is 1.11 bits per heavy atom. The maximum absolute atomic E-state index is 12.5. The normalized spacial score (nSPS) is 24.0. The van der Waals surface area contributed by atoms with Gasteiger partial charge in [-0.2, -0.15) is 0 Å². The first kappa shape index (κ1) is 19.5.